The van der Waals surface area contributed by atoms with Crippen molar-refractivity contribution >= 4 is 23.6 Å². The number of thioether (sulfide) groups is 1. The fourth-order valence-corrected chi connectivity index (χ4v) is 5.25. The SMILES string of the molecule is COc1ccc(C(=O)N2CCN(C(=O)c3ccccc3SCc3c(C)noc3C)CC2)c(OC)c1. The first kappa shape index (κ1) is 24.7. The maximum Gasteiger partial charge on any atom is 0.257 e. The van der Waals surface area contributed by atoms with Crippen LogP contribution in [-0.2, 0) is 5.75 Å². The smallest absolute Gasteiger partial charge is 0.257 e. The molecule has 1 aliphatic rings. The third-order valence-electron chi connectivity index (χ3n) is 6.16. The van der Waals surface area contributed by atoms with Crippen LogP contribution in [0.25, 0.3) is 0 Å². The quantitative estimate of drug-likeness (QED) is 0.454. The predicted octanol–water partition coefficient (Wildman–Crippen LogP) is 4.20. The van der Waals surface area contributed by atoms with Crippen molar-refractivity contribution in [3.63, 3.8) is 0 Å². The number of aromatic nitrogens is 1. The molecule has 0 bridgehead atoms. The fourth-order valence-electron chi connectivity index (χ4n) is 4.06. The van der Waals surface area contributed by atoms with Gasteiger partial charge in [0.05, 0.1) is 31.0 Å². The van der Waals surface area contributed by atoms with Crippen molar-refractivity contribution in [2.75, 3.05) is 40.4 Å². The predicted molar refractivity (Wildman–Crippen MR) is 133 cm³/mol. The highest BCUT2D eigenvalue weighted by Gasteiger charge is 2.28. The Hall–Kier alpha value is -3.46. The summed E-state index contributed by atoms with van der Waals surface area (Å²) in [4.78, 5) is 31.0. The highest BCUT2D eigenvalue weighted by molar-refractivity contribution is 7.98. The molecule has 0 spiro atoms. The van der Waals surface area contributed by atoms with Crippen molar-refractivity contribution in [2.45, 2.75) is 24.5 Å². The molecule has 1 fully saturated rings. The van der Waals surface area contributed by atoms with Crippen molar-refractivity contribution in [1.82, 2.24) is 15.0 Å². The minimum absolute atomic E-state index is 0.0269. The second-order valence-corrected chi connectivity index (χ2v) is 9.26. The zero-order chi connectivity index (χ0) is 24.9. The normalized spacial score (nSPS) is 13.6. The first-order valence-corrected chi connectivity index (χ1v) is 12.4. The molecule has 2 aromatic carbocycles. The van der Waals surface area contributed by atoms with Gasteiger partial charge in [-0.2, -0.15) is 0 Å². The second kappa shape index (κ2) is 10.9. The zero-order valence-electron chi connectivity index (χ0n) is 20.4. The van der Waals surface area contributed by atoms with Crippen LogP contribution in [0.3, 0.4) is 0 Å². The van der Waals surface area contributed by atoms with Gasteiger partial charge in [0.2, 0.25) is 0 Å². The summed E-state index contributed by atoms with van der Waals surface area (Å²) < 4.78 is 15.9. The Morgan fingerprint density at radius 3 is 2.20 bits per heavy atom. The van der Waals surface area contributed by atoms with E-state index in [1.165, 1.54) is 7.11 Å². The number of rotatable bonds is 7. The lowest BCUT2D eigenvalue weighted by Gasteiger charge is -2.35. The number of ether oxygens (including phenoxy) is 2. The first-order chi connectivity index (χ1) is 16.9. The Balaban J connectivity index is 1.41. The van der Waals surface area contributed by atoms with Crippen molar-refractivity contribution in [3.05, 3.63) is 70.6 Å². The van der Waals surface area contributed by atoms with Crippen LogP contribution >= 0.6 is 11.8 Å². The molecular weight excluding hydrogens is 466 g/mol. The van der Waals surface area contributed by atoms with Crippen LogP contribution in [-0.4, -0.2) is 67.2 Å². The van der Waals surface area contributed by atoms with E-state index in [4.69, 9.17) is 14.0 Å². The van der Waals surface area contributed by atoms with Gasteiger partial charge in [0.25, 0.3) is 11.8 Å². The molecule has 1 saturated heterocycles. The topological polar surface area (TPSA) is 85.1 Å². The summed E-state index contributed by atoms with van der Waals surface area (Å²) in [5, 5.41) is 4.01. The largest absolute Gasteiger partial charge is 0.497 e. The molecule has 0 N–H and O–H groups in total. The van der Waals surface area contributed by atoms with Crippen LogP contribution in [0.5, 0.6) is 11.5 Å². The second-order valence-electron chi connectivity index (χ2n) is 8.24. The lowest BCUT2D eigenvalue weighted by molar-refractivity contribution is 0.0531. The van der Waals surface area contributed by atoms with Crippen molar-refractivity contribution in [1.29, 1.82) is 0 Å². The van der Waals surface area contributed by atoms with Gasteiger partial charge in [-0.25, -0.2) is 0 Å². The molecule has 0 unspecified atom stereocenters. The lowest BCUT2D eigenvalue weighted by Crippen LogP contribution is -2.50. The van der Waals surface area contributed by atoms with Gasteiger partial charge < -0.3 is 23.8 Å². The van der Waals surface area contributed by atoms with E-state index < -0.39 is 0 Å². The van der Waals surface area contributed by atoms with Gasteiger partial charge in [0.1, 0.15) is 17.3 Å². The van der Waals surface area contributed by atoms with E-state index in [0.29, 0.717) is 54.6 Å². The summed E-state index contributed by atoms with van der Waals surface area (Å²) in [7, 11) is 3.10. The van der Waals surface area contributed by atoms with Gasteiger partial charge in [-0.1, -0.05) is 17.3 Å². The summed E-state index contributed by atoms with van der Waals surface area (Å²) in [6.07, 6.45) is 0. The molecule has 184 valence electrons. The summed E-state index contributed by atoms with van der Waals surface area (Å²) in [6, 6.07) is 12.8. The molecule has 3 aromatic rings. The Morgan fingerprint density at radius 1 is 0.943 bits per heavy atom. The Kier molecular flexibility index (Phi) is 7.65. The summed E-state index contributed by atoms with van der Waals surface area (Å²) in [5.74, 6) is 2.43. The lowest BCUT2D eigenvalue weighted by atomic mass is 10.1. The van der Waals surface area contributed by atoms with E-state index >= 15 is 0 Å². The maximum atomic E-state index is 13.4. The monoisotopic (exact) mass is 495 g/mol. The van der Waals surface area contributed by atoms with Crippen LogP contribution in [0.4, 0.5) is 0 Å². The Labute approximate surface area is 209 Å². The molecule has 1 aliphatic heterocycles. The number of hydrogen-bond acceptors (Lipinski definition) is 7. The molecule has 0 aliphatic carbocycles. The molecule has 4 rings (SSSR count). The minimum Gasteiger partial charge on any atom is -0.497 e. The van der Waals surface area contributed by atoms with Crippen LogP contribution in [0, 0.1) is 13.8 Å². The third-order valence-corrected chi connectivity index (χ3v) is 7.26. The number of benzene rings is 2. The van der Waals surface area contributed by atoms with Crippen molar-refractivity contribution in [3.8, 4) is 11.5 Å². The van der Waals surface area contributed by atoms with Gasteiger partial charge in [-0.05, 0) is 38.1 Å². The fraction of sp³-hybridized carbons (Fsp3) is 0.346. The van der Waals surface area contributed by atoms with Crippen LogP contribution < -0.4 is 9.47 Å². The number of carbonyl (C=O) groups excluding carboxylic acids is 2. The number of carbonyl (C=O) groups is 2. The van der Waals surface area contributed by atoms with Gasteiger partial charge in [-0.3, -0.25) is 9.59 Å². The molecule has 2 heterocycles. The molecule has 0 saturated carbocycles. The number of methoxy groups -OCH3 is 2. The van der Waals surface area contributed by atoms with Gasteiger partial charge in [0.15, 0.2) is 0 Å². The summed E-state index contributed by atoms with van der Waals surface area (Å²) >= 11 is 1.60. The minimum atomic E-state index is -0.119. The van der Waals surface area contributed by atoms with E-state index in [2.05, 4.69) is 5.16 Å². The number of aryl methyl sites for hydroxylation is 2. The van der Waals surface area contributed by atoms with Crippen molar-refractivity contribution < 1.29 is 23.6 Å². The molecule has 35 heavy (non-hydrogen) atoms. The number of piperazine rings is 1. The Morgan fingerprint density at radius 2 is 1.60 bits per heavy atom. The van der Waals surface area contributed by atoms with Crippen molar-refractivity contribution in [2.24, 2.45) is 0 Å². The number of hydrogen-bond donors (Lipinski definition) is 0. The molecular formula is C26H29N3O5S. The molecule has 1 aromatic heterocycles. The average molecular weight is 496 g/mol. The van der Waals surface area contributed by atoms with Gasteiger partial charge in [0, 0.05) is 48.5 Å². The molecule has 9 heteroatoms. The standard InChI is InChI=1S/C26H29N3O5S/c1-17-22(18(2)34-27-17)16-35-24-8-6-5-7-21(24)26(31)29-13-11-28(12-14-29)25(30)20-10-9-19(32-3)15-23(20)33-4/h5-10,15H,11-14,16H2,1-4H3. The molecule has 2 amide bonds. The first-order valence-electron chi connectivity index (χ1n) is 11.4. The molecule has 0 radical (unpaired) electrons. The van der Waals surface area contributed by atoms with E-state index in [1.54, 1.807) is 42.0 Å². The van der Waals surface area contributed by atoms with Crippen LogP contribution in [0.15, 0.2) is 51.9 Å². The van der Waals surface area contributed by atoms with Crippen LogP contribution in [0.2, 0.25) is 0 Å². The van der Waals surface area contributed by atoms with Crippen LogP contribution in [0.1, 0.15) is 37.7 Å². The van der Waals surface area contributed by atoms with E-state index in [1.807, 2.05) is 43.0 Å². The number of nitrogens with zero attached hydrogens (tertiary/aromatic N) is 3. The highest BCUT2D eigenvalue weighted by atomic mass is 32.2. The molecule has 0 atom stereocenters. The summed E-state index contributed by atoms with van der Waals surface area (Å²) in [6.45, 7) is 5.65. The third kappa shape index (κ3) is 5.30. The molecule has 8 nitrogen and oxygen atoms in total. The average Bonchev–Trinajstić information content (AvgIpc) is 3.23. The van der Waals surface area contributed by atoms with E-state index in [0.717, 1.165) is 21.9 Å². The van der Waals surface area contributed by atoms with Gasteiger partial charge in [-0.15, -0.1) is 11.8 Å². The highest BCUT2D eigenvalue weighted by Crippen LogP contribution is 2.30. The van der Waals surface area contributed by atoms with E-state index in [-0.39, 0.29) is 11.8 Å². The zero-order valence-corrected chi connectivity index (χ0v) is 21.2. The maximum absolute atomic E-state index is 13.4. The Bertz CT molecular complexity index is 1200. The number of amides is 2. The van der Waals surface area contributed by atoms with Gasteiger partial charge >= 0.3 is 0 Å². The summed E-state index contributed by atoms with van der Waals surface area (Å²) in [5.41, 5.74) is 3.07. The van der Waals surface area contributed by atoms with E-state index in [9.17, 15) is 9.59 Å².